The van der Waals surface area contributed by atoms with E-state index in [1.54, 1.807) is 0 Å². The zero-order chi connectivity index (χ0) is 15.4. The van der Waals surface area contributed by atoms with E-state index in [2.05, 4.69) is 24.4 Å². The minimum atomic E-state index is -3.05. The van der Waals surface area contributed by atoms with Gasteiger partial charge in [0.2, 0.25) is 5.88 Å². The van der Waals surface area contributed by atoms with Gasteiger partial charge in [-0.2, -0.15) is 8.78 Å². The predicted octanol–water partition coefficient (Wildman–Crippen LogP) is 1.22. The summed E-state index contributed by atoms with van der Waals surface area (Å²) in [5.41, 5.74) is -0.541. The van der Waals surface area contributed by atoms with Crippen molar-refractivity contribution in [3.05, 3.63) is 40.6 Å². The van der Waals surface area contributed by atoms with Crippen molar-refractivity contribution in [3.8, 4) is 17.1 Å². The van der Waals surface area contributed by atoms with E-state index in [0.29, 0.717) is 0 Å². The molecular formula is C12H9F2N3O4. The van der Waals surface area contributed by atoms with Gasteiger partial charge in [-0.05, 0) is 0 Å². The number of carbonyl (C=O) groups is 1. The molecule has 0 spiro atoms. The third-order valence-electron chi connectivity index (χ3n) is 2.41. The highest BCUT2D eigenvalue weighted by atomic mass is 19.3. The summed E-state index contributed by atoms with van der Waals surface area (Å²) in [6.45, 7) is -3.05. The summed E-state index contributed by atoms with van der Waals surface area (Å²) in [4.78, 5) is 33.3. The molecule has 110 valence electrons. The molecule has 0 aliphatic heterocycles. The summed E-state index contributed by atoms with van der Waals surface area (Å²) in [5, 5.41) is 0. The van der Waals surface area contributed by atoms with Gasteiger partial charge in [0.1, 0.15) is 0 Å². The molecule has 0 aliphatic rings. The summed E-state index contributed by atoms with van der Waals surface area (Å²) in [7, 11) is 1.18. The molecule has 2 aromatic heterocycles. The van der Waals surface area contributed by atoms with E-state index >= 15 is 0 Å². The first-order valence-electron chi connectivity index (χ1n) is 5.59. The van der Waals surface area contributed by atoms with Crippen molar-refractivity contribution in [2.75, 3.05) is 7.11 Å². The van der Waals surface area contributed by atoms with Crippen molar-refractivity contribution in [2.24, 2.45) is 0 Å². The van der Waals surface area contributed by atoms with E-state index < -0.39 is 18.0 Å². The molecule has 0 unspecified atom stereocenters. The average Bonchev–Trinajstić information content (AvgIpc) is 2.46. The Hall–Kier alpha value is -2.84. The van der Waals surface area contributed by atoms with Crippen molar-refractivity contribution in [1.29, 1.82) is 0 Å². The molecule has 0 aromatic carbocycles. The predicted molar refractivity (Wildman–Crippen MR) is 66.1 cm³/mol. The van der Waals surface area contributed by atoms with E-state index in [1.165, 1.54) is 19.5 Å². The van der Waals surface area contributed by atoms with E-state index in [0.717, 1.165) is 12.3 Å². The molecule has 9 heteroatoms. The van der Waals surface area contributed by atoms with E-state index in [4.69, 9.17) is 0 Å². The smallest absolute Gasteiger partial charge is 0.388 e. The molecule has 0 aliphatic carbocycles. The van der Waals surface area contributed by atoms with Crippen molar-refractivity contribution < 1.29 is 23.0 Å². The van der Waals surface area contributed by atoms with E-state index in [1.807, 2.05) is 0 Å². The third-order valence-corrected chi connectivity index (χ3v) is 2.41. The number of halogens is 2. The van der Waals surface area contributed by atoms with Gasteiger partial charge in [0, 0.05) is 12.3 Å². The van der Waals surface area contributed by atoms with Crippen LogP contribution in [-0.2, 0) is 4.74 Å². The Morgan fingerprint density at radius 1 is 1.38 bits per heavy atom. The number of aromatic amines is 1. The van der Waals surface area contributed by atoms with Crippen molar-refractivity contribution in [1.82, 2.24) is 15.0 Å². The molecule has 0 bridgehead atoms. The van der Waals surface area contributed by atoms with Crippen molar-refractivity contribution in [3.63, 3.8) is 0 Å². The van der Waals surface area contributed by atoms with Crippen molar-refractivity contribution in [2.45, 2.75) is 6.61 Å². The molecule has 0 amide bonds. The largest absolute Gasteiger partial charge is 0.464 e. The number of hydrogen-bond donors (Lipinski definition) is 1. The number of esters is 1. The first-order valence-corrected chi connectivity index (χ1v) is 5.59. The highest BCUT2D eigenvalue weighted by Crippen LogP contribution is 2.14. The molecule has 0 radical (unpaired) electrons. The first-order chi connectivity index (χ1) is 10.0. The van der Waals surface area contributed by atoms with Crippen LogP contribution in [0.5, 0.6) is 5.88 Å². The molecule has 7 nitrogen and oxygen atoms in total. The molecule has 2 aromatic rings. The van der Waals surface area contributed by atoms with Crippen LogP contribution in [0.25, 0.3) is 11.3 Å². The summed E-state index contributed by atoms with van der Waals surface area (Å²) >= 11 is 0. The summed E-state index contributed by atoms with van der Waals surface area (Å²) in [6.07, 6.45) is 3.58. The number of rotatable bonds is 4. The van der Waals surface area contributed by atoms with Gasteiger partial charge in [-0.15, -0.1) is 0 Å². The second-order valence-electron chi connectivity index (χ2n) is 3.73. The highest BCUT2D eigenvalue weighted by Gasteiger charge is 2.13. The molecule has 2 rings (SSSR count). The maximum absolute atomic E-state index is 12.0. The Morgan fingerprint density at radius 3 is 2.76 bits per heavy atom. The number of nitrogens with one attached hydrogen (secondary N) is 1. The number of ether oxygens (including phenoxy) is 2. The highest BCUT2D eigenvalue weighted by molar-refractivity contribution is 5.87. The van der Waals surface area contributed by atoms with Gasteiger partial charge in [-0.25, -0.2) is 9.78 Å². The Bertz CT molecular complexity index is 718. The number of methoxy groups -OCH3 is 1. The Morgan fingerprint density at radius 2 is 2.14 bits per heavy atom. The van der Waals surface area contributed by atoms with Crippen LogP contribution < -0.4 is 10.2 Å². The molecule has 0 atom stereocenters. The molecule has 2 heterocycles. The fourth-order valence-electron chi connectivity index (χ4n) is 1.52. The molecule has 0 fully saturated rings. The minimum absolute atomic E-state index is 0.0508. The normalized spacial score (nSPS) is 10.5. The van der Waals surface area contributed by atoms with Crippen LogP contribution in [0.3, 0.4) is 0 Å². The zero-order valence-electron chi connectivity index (χ0n) is 10.7. The van der Waals surface area contributed by atoms with Crippen LogP contribution in [0.4, 0.5) is 8.78 Å². The summed E-state index contributed by atoms with van der Waals surface area (Å²) < 4.78 is 32.6. The zero-order valence-corrected chi connectivity index (χ0v) is 10.7. The quantitative estimate of drug-likeness (QED) is 0.853. The van der Waals surface area contributed by atoms with Gasteiger partial charge in [0.05, 0.1) is 30.8 Å². The summed E-state index contributed by atoms with van der Waals surface area (Å²) in [5.74, 6) is -1.09. The number of alkyl halides is 2. The van der Waals surface area contributed by atoms with E-state index in [9.17, 15) is 18.4 Å². The van der Waals surface area contributed by atoms with Gasteiger partial charge >= 0.3 is 12.6 Å². The van der Waals surface area contributed by atoms with Crippen LogP contribution >= 0.6 is 0 Å². The standard InChI is InChI=1S/C12H9F2N3O4/c1-20-11(19)8-5-15-4-7(17-8)6-3-16-10(2-9(6)18)21-12(13)14/h2-5,12H,1H3,(H,16,18). The Balaban J connectivity index is 2.38. The minimum Gasteiger partial charge on any atom is -0.464 e. The van der Waals surface area contributed by atoms with Crippen LogP contribution in [0.2, 0.25) is 0 Å². The molecule has 0 saturated carbocycles. The van der Waals surface area contributed by atoms with Gasteiger partial charge in [-0.1, -0.05) is 0 Å². The van der Waals surface area contributed by atoms with E-state index in [-0.39, 0.29) is 22.8 Å². The number of hydrogen-bond acceptors (Lipinski definition) is 6. The molecular weight excluding hydrogens is 288 g/mol. The lowest BCUT2D eigenvalue weighted by Gasteiger charge is -2.05. The van der Waals surface area contributed by atoms with Crippen LogP contribution in [-0.4, -0.2) is 34.6 Å². The molecule has 0 saturated heterocycles. The lowest BCUT2D eigenvalue weighted by molar-refractivity contribution is -0.0528. The van der Waals surface area contributed by atoms with Gasteiger partial charge in [0.25, 0.3) is 0 Å². The Labute approximate surface area is 116 Å². The SMILES string of the molecule is COC(=O)c1cncc(-c2c[nH]c(OC(F)F)cc2=O)n1. The van der Waals surface area contributed by atoms with Gasteiger partial charge < -0.3 is 14.5 Å². The van der Waals surface area contributed by atoms with Crippen molar-refractivity contribution >= 4 is 5.97 Å². The second kappa shape index (κ2) is 6.07. The first kappa shape index (κ1) is 14.6. The Kier molecular flexibility index (Phi) is 4.21. The van der Waals surface area contributed by atoms with Crippen LogP contribution in [0, 0.1) is 0 Å². The number of pyridine rings is 1. The fourth-order valence-corrected chi connectivity index (χ4v) is 1.52. The maximum Gasteiger partial charge on any atom is 0.388 e. The van der Waals surface area contributed by atoms with Crippen LogP contribution in [0.15, 0.2) is 29.5 Å². The fraction of sp³-hybridized carbons (Fsp3) is 0.167. The number of nitrogens with zero attached hydrogens (tertiary/aromatic N) is 2. The molecule has 21 heavy (non-hydrogen) atoms. The van der Waals surface area contributed by atoms with Gasteiger partial charge in [-0.3, -0.25) is 9.78 Å². The number of carbonyl (C=O) groups excluding carboxylic acids is 1. The number of aromatic nitrogens is 3. The molecule has 1 N–H and O–H groups in total. The monoisotopic (exact) mass is 297 g/mol. The topological polar surface area (TPSA) is 94.2 Å². The summed E-state index contributed by atoms with van der Waals surface area (Å²) in [6, 6.07) is 0.855. The number of H-pyrrole nitrogens is 1. The van der Waals surface area contributed by atoms with Crippen LogP contribution in [0.1, 0.15) is 10.5 Å². The third kappa shape index (κ3) is 3.38. The average molecular weight is 297 g/mol. The van der Waals surface area contributed by atoms with Gasteiger partial charge in [0.15, 0.2) is 11.1 Å². The maximum atomic E-state index is 12.0. The lowest BCUT2D eigenvalue weighted by atomic mass is 10.2. The second-order valence-corrected chi connectivity index (χ2v) is 3.73. The lowest BCUT2D eigenvalue weighted by Crippen LogP contribution is -2.11.